The van der Waals surface area contributed by atoms with Crippen molar-refractivity contribution < 1.29 is 13.6 Å². The number of ketones is 1. The maximum absolute atomic E-state index is 13.7. The summed E-state index contributed by atoms with van der Waals surface area (Å²) in [6.45, 7) is -0.636. The average molecular weight is 483 g/mol. The monoisotopic (exact) mass is 482 g/mol. The van der Waals surface area contributed by atoms with Crippen LogP contribution < -0.4 is 5.73 Å². The topological polar surface area (TPSA) is 86.4 Å². The Hall–Kier alpha value is -3.84. The maximum Gasteiger partial charge on any atom is 0.192 e. The highest BCUT2D eigenvalue weighted by Gasteiger charge is 2.38. The molecule has 1 aliphatic carbocycles. The summed E-state index contributed by atoms with van der Waals surface area (Å²) < 4.78 is 21.6. The van der Waals surface area contributed by atoms with Crippen LogP contribution in [0.1, 0.15) is 52.9 Å². The smallest absolute Gasteiger partial charge is 0.192 e. The van der Waals surface area contributed by atoms with Gasteiger partial charge in [-0.25, -0.2) is 0 Å². The Kier molecular flexibility index (Phi) is 5.45. The van der Waals surface area contributed by atoms with E-state index in [4.69, 9.17) is 10.2 Å². The van der Waals surface area contributed by atoms with Crippen molar-refractivity contribution in [1.82, 2.24) is 9.78 Å². The lowest BCUT2D eigenvalue weighted by atomic mass is 9.72. The number of alkyl halides is 1. The van der Waals surface area contributed by atoms with Gasteiger partial charge in [-0.15, -0.1) is 0 Å². The van der Waals surface area contributed by atoms with Crippen molar-refractivity contribution in [1.29, 1.82) is 0 Å². The number of aliphatic imine (C=N–C) groups is 1. The fraction of sp³-hybridized carbons (Fsp3) is 0.276. The number of fused-ring (bicyclic) bond motifs is 1. The van der Waals surface area contributed by atoms with E-state index < -0.39 is 12.7 Å². The minimum Gasteiger partial charge on any atom is -0.453 e. The SMILES string of the molecule is Cn1cc(C2=NC(CCF)C(=O)c3c2oc(-c2ccc(C4(N)CCC4)cc2)c3-c2ccccc2)cn1. The van der Waals surface area contributed by atoms with Gasteiger partial charge in [0, 0.05) is 41.9 Å². The summed E-state index contributed by atoms with van der Waals surface area (Å²) in [5.41, 5.74) is 11.5. The molecule has 4 aromatic rings. The number of aryl methyl sites for hydroxylation is 1. The van der Waals surface area contributed by atoms with Crippen LogP contribution in [-0.2, 0) is 12.6 Å². The Morgan fingerprint density at radius 3 is 2.39 bits per heavy atom. The van der Waals surface area contributed by atoms with Crippen molar-refractivity contribution in [3.63, 3.8) is 0 Å². The molecule has 0 radical (unpaired) electrons. The van der Waals surface area contributed by atoms with E-state index in [1.165, 1.54) is 0 Å². The van der Waals surface area contributed by atoms with E-state index in [0.29, 0.717) is 28.4 Å². The van der Waals surface area contributed by atoms with E-state index in [9.17, 15) is 9.18 Å². The summed E-state index contributed by atoms with van der Waals surface area (Å²) in [5, 5.41) is 4.27. The molecule has 0 saturated heterocycles. The van der Waals surface area contributed by atoms with Crippen LogP contribution in [0.25, 0.3) is 22.5 Å². The predicted octanol–water partition coefficient (Wildman–Crippen LogP) is 5.45. The Morgan fingerprint density at radius 1 is 1.03 bits per heavy atom. The zero-order valence-corrected chi connectivity index (χ0v) is 20.1. The molecule has 2 aromatic heterocycles. The van der Waals surface area contributed by atoms with E-state index >= 15 is 0 Å². The van der Waals surface area contributed by atoms with Crippen LogP contribution in [0.3, 0.4) is 0 Å². The summed E-state index contributed by atoms with van der Waals surface area (Å²) >= 11 is 0. The molecule has 1 aliphatic heterocycles. The fourth-order valence-electron chi connectivity index (χ4n) is 5.20. The molecule has 182 valence electrons. The number of nitrogens with two attached hydrogens (primary N) is 1. The number of aromatic nitrogens is 2. The van der Waals surface area contributed by atoms with Crippen molar-refractivity contribution in [2.75, 3.05) is 6.67 Å². The van der Waals surface area contributed by atoms with Gasteiger partial charge < -0.3 is 10.2 Å². The second kappa shape index (κ2) is 8.68. The van der Waals surface area contributed by atoms with Crippen LogP contribution in [0.15, 0.2) is 76.4 Å². The molecular weight excluding hydrogens is 455 g/mol. The first-order valence-electron chi connectivity index (χ1n) is 12.3. The van der Waals surface area contributed by atoms with E-state index in [-0.39, 0.29) is 17.7 Å². The average Bonchev–Trinajstić information content (AvgIpc) is 3.49. The molecule has 6 rings (SSSR count). The molecule has 0 bridgehead atoms. The number of halogens is 1. The van der Waals surface area contributed by atoms with E-state index in [0.717, 1.165) is 41.5 Å². The number of benzene rings is 2. The third-order valence-corrected chi connectivity index (χ3v) is 7.35. The first kappa shape index (κ1) is 22.6. The highest BCUT2D eigenvalue weighted by Crippen LogP contribution is 2.44. The van der Waals surface area contributed by atoms with Crippen molar-refractivity contribution in [2.45, 2.75) is 37.3 Å². The Balaban J connectivity index is 1.56. The number of hydrogen-bond donors (Lipinski definition) is 1. The number of furan rings is 1. The number of hydrogen-bond acceptors (Lipinski definition) is 5. The lowest BCUT2D eigenvalue weighted by Crippen LogP contribution is -2.43. The van der Waals surface area contributed by atoms with Gasteiger partial charge in [-0.3, -0.25) is 18.9 Å². The molecule has 2 aliphatic rings. The highest BCUT2D eigenvalue weighted by atomic mass is 19.1. The van der Waals surface area contributed by atoms with Crippen molar-refractivity contribution >= 4 is 11.5 Å². The molecule has 1 saturated carbocycles. The van der Waals surface area contributed by atoms with E-state index in [1.807, 2.05) is 55.7 Å². The summed E-state index contributed by atoms with van der Waals surface area (Å²) in [7, 11) is 1.81. The number of nitrogens with zero attached hydrogens (tertiary/aromatic N) is 3. The highest BCUT2D eigenvalue weighted by molar-refractivity contribution is 6.24. The third-order valence-electron chi connectivity index (χ3n) is 7.35. The van der Waals surface area contributed by atoms with Crippen LogP contribution in [0.2, 0.25) is 0 Å². The first-order valence-corrected chi connectivity index (χ1v) is 12.3. The number of carbonyl (C=O) groups excluding carboxylic acids is 1. The number of rotatable bonds is 6. The van der Waals surface area contributed by atoms with Crippen LogP contribution in [-0.4, -0.2) is 34.0 Å². The van der Waals surface area contributed by atoms with Crippen LogP contribution in [0.4, 0.5) is 4.39 Å². The van der Waals surface area contributed by atoms with Gasteiger partial charge in [0.1, 0.15) is 17.5 Å². The van der Waals surface area contributed by atoms with Crippen LogP contribution >= 0.6 is 0 Å². The maximum atomic E-state index is 13.7. The molecule has 3 heterocycles. The van der Waals surface area contributed by atoms with Crippen LogP contribution in [0, 0.1) is 0 Å². The first-order chi connectivity index (χ1) is 17.5. The zero-order valence-electron chi connectivity index (χ0n) is 20.1. The minimum absolute atomic E-state index is 0.0179. The van der Waals surface area contributed by atoms with Gasteiger partial charge in [0.15, 0.2) is 11.5 Å². The number of Topliss-reactive ketones (excluding diaryl/α,β-unsaturated/α-hetero) is 1. The largest absolute Gasteiger partial charge is 0.453 e. The molecule has 0 spiro atoms. The summed E-state index contributed by atoms with van der Waals surface area (Å²) in [4.78, 5) is 18.3. The summed E-state index contributed by atoms with van der Waals surface area (Å²) in [5.74, 6) is 0.759. The second-order valence-corrected chi connectivity index (χ2v) is 9.70. The molecule has 6 nitrogen and oxygen atoms in total. The molecule has 2 N–H and O–H groups in total. The Bertz CT molecular complexity index is 1460. The Morgan fingerprint density at radius 2 is 1.78 bits per heavy atom. The summed E-state index contributed by atoms with van der Waals surface area (Å²) in [6.07, 6.45) is 6.62. The van der Waals surface area contributed by atoms with E-state index in [1.54, 1.807) is 10.9 Å². The second-order valence-electron chi connectivity index (χ2n) is 9.70. The normalized spacial score (nSPS) is 18.5. The van der Waals surface area contributed by atoms with Gasteiger partial charge >= 0.3 is 0 Å². The van der Waals surface area contributed by atoms with Gasteiger partial charge in [0.05, 0.1) is 18.4 Å². The molecule has 0 amide bonds. The van der Waals surface area contributed by atoms with Gasteiger partial charge in [-0.05, 0) is 30.4 Å². The molecule has 1 unspecified atom stereocenters. The van der Waals surface area contributed by atoms with Gasteiger partial charge in [0.25, 0.3) is 0 Å². The number of carbonyl (C=O) groups is 1. The third kappa shape index (κ3) is 3.62. The van der Waals surface area contributed by atoms with Gasteiger partial charge in [0.2, 0.25) is 0 Å². The zero-order chi connectivity index (χ0) is 24.9. The van der Waals surface area contributed by atoms with Gasteiger partial charge in [-0.1, -0.05) is 54.6 Å². The fourth-order valence-corrected chi connectivity index (χ4v) is 5.20. The summed E-state index contributed by atoms with van der Waals surface area (Å²) in [6, 6.07) is 17.0. The predicted molar refractivity (Wildman–Crippen MR) is 137 cm³/mol. The lowest BCUT2D eigenvalue weighted by Gasteiger charge is -2.38. The molecule has 7 heteroatoms. The van der Waals surface area contributed by atoms with E-state index in [2.05, 4.69) is 22.2 Å². The standard InChI is InChI=1S/C29H27FN4O2/c1-34-17-20(16-32-34)25-28-24(26(35)22(33-25)12-15-30)23(18-6-3-2-4-7-18)27(36-28)19-8-10-21(11-9-19)29(31)13-5-14-29/h2-4,6-11,16-17,22H,5,12-15,31H2,1H3. The molecule has 1 atom stereocenters. The van der Waals surface area contributed by atoms with Crippen LogP contribution in [0.5, 0.6) is 0 Å². The van der Waals surface area contributed by atoms with Crippen molar-refractivity contribution in [3.8, 4) is 22.5 Å². The van der Waals surface area contributed by atoms with Gasteiger partial charge in [-0.2, -0.15) is 5.10 Å². The molecule has 1 fully saturated rings. The minimum atomic E-state index is -0.816. The molecule has 2 aromatic carbocycles. The molecular formula is C29H27FN4O2. The lowest BCUT2D eigenvalue weighted by molar-refractivity contribution is 0.0951. The molecule has 36 heavy (non-hydrogen) atoms. The van der Waals surface area contributed by atoms with Crippen molar-refractivity contribution in [2.24, 2.45) is 17.8 Å². The Labute approximate surface area is 208 Å². The quantitative estimate of drug-likeness (QED) is 0.396. The van der Waals surface area contributed by atoms with Crippen molar-refractivity contribution in [3.05, 3.63) is 89.4 Å².